The molecule has 0 atom stereocenters. The Bertz CT molecular complexity index is 920. The third-order valence-corrected chi connectivity index (χ3v) is 5.13. The number of ether oxygens (including phenoxy) is 1. The highest BCUT2D eigenvalue weighted by Crippen LogP contribution is 2.24. The van der Waals surface area contributed by atoms with E-state index in [0.717, 1.165) is 29.0 Å². The van der Waals surface area contributed by atoms with E-state index in [9.17, 15) is 9.59 Å². The average molecular weight is 394 g/mol. The van der Waals surface area contributed by atoms with Gasteiger partial charge in [0, 0.05) is 17.5 Å². The Kier molecular flexibility index (Phi) is 6.92. The van der Waals surface area contributed by atoms with Crippen LogP contribution < -0.4 is 5.32 Å². The van der Waals surface area contributed by atoms with Crippen molar-refractivity contribution in [3.05, 3.63) is 76.8 Å². The smallest absolute Gasteiger partial charge is 0.358 e. The molecule has 0 saturated heterocycles. The Hall–Kier alpha value is -2.99. The van der Waals surface area contributed by atoms with Gasteiger partial charge in [-0.2, -0.15) is 0 Å². The zero-order chi connectivity index (χ0) is 19.8. The Morgan fingerprint density at radius 2 is 1.79 bits per heavy atom. The van der Waals surface area contributed by atoms with Crippen LogP contribution in [-0.2, 0) is 22.4 Å². The van der Waals surface area contributed by atoms with Crippen LogP contribution in [0.15, 0.2) is 60.0 Å². The molecule has 0 spiro atoms. The monoisotopic (exact) mass is 394 g/mol. The number of hydrogen-bond acceptors (Lipinski definition) is 5. The largest absolute Gasteiger partial charge is 0.451 e. The Labute approximate surface area is 168 Å². The molecular formula is C22H22N2O3S. The molecular weight excluding hydrogens is 372 g/mol. The molecule has 0 aliphatic heterocycles. The lowest BCUT2D eigenvalue weighted by Crippen LogP contribution is -2.30. The molecule has 2 aromatic carbocycles. The van der Waals surface area contributed by atoms with E-state index in [0.29, 0.717) is 6.54 Å². The van der Waals surface area contributed by atoms with Gasteiger partial charge in [0.15, 0.2) is 12.3 Å². The van der Waals surface area contributed by atoms with Crippen LogP contribution in [-0.4, -0.2) is 30.0 Å². The summed E-state index contributed by atoms with van der Waals surface area (Å²) in [5.74, 6) is -0.916. The average Bonchev–Trinajstić information content (AvgIpc) is 3.23. The number of nitrogens with one attached hydrogen (secondary N) is 1. The van der Waals surface area contributed by atoms with Gasteiger partial charge in [0.1, 0.15) is 5.01 Å². The van der Waals surface area contributed by atoms with Crippen LogP contribution in [0, 0.1) is 0 Å². The zero-order valence-corrected chi connectivity index (χ0v) is 16.5. The van der Waals surface area contributed by atoms with Crippen molar-refractivity contribution in [3.8, 4) is 10.6 Å². The molecule has 144 valence electrons. The van der Waals surface area contributed by atoms with E-state index in [-0.39, 0.29) is 18.2 Å². The number of esters is 1. The molecule has 0 saturated carbocycles. The van der Waals surface area contributed by atoms with Gasteiger partial charge in [-0.05, 0) is 24.0 Å². The fraction of sp³-hybridized carbons (Fsp3) is 0.227. The highest BCUT2D eigenvalue weighted by atomic mass is 32.1. The Morgan fingerprint density at radius 1 is 1.04 bits per heavy atom. The molecule has 1 N–H and O–H groups in total. The van der Waals surface area contributed by atoms with Gasteiger partial charge in [0.25, 0.3) is 5.91 Å². The van der Waals surface area contributed by atoms with Crippen molar-refractivity contribution in [1.29, 1.82) is 0 Å². The molecule has 3 rings (SSSR count). The summed E-state index contributed by atoms with van der Waals surface area (Å²) in [6.07, 6.45) is 1.70. The number of carbonyl (C=O) groups excluding carboxylic acids is 2. The van der Waals surface area contributed by atoms with Gasteiger partial charge in [0.05, 0.1) is 0 Å². The molecule has 0 bridgehead atoms. The van der Waals surface area contributed by atoms with Crippen molar-refractivity contribution in [3.63, 3.8) is 0 Å². The number of nitrogens with zero attached hydrogens (tertiary/aromatic N) is 1. The molecule has 3 aromatic rings. The van der Waals surface area contributed by atoms with E-state index in [2.05, 4.69) is 29.4 Å². The van der Waals surface area contributed by atoms with Crippen LogP contribution in [0.1, 0.15) is 28.5 Å². The summed E-state index contributed by atoms with van der Waals surface area (Å²) in [7, 11) is 0. The van der Waals surface area contributed by atoms with E-state index in [1.807, 2.05) is 42.5 Å². The number of carbonyl (C=O) groups is 2. The topological polar surface area (TPSA) is 68.3 Å². The fourth-order valence-corrected chi connectivity index (χ4v) is 3.43. The normalized spacial score (nSPS) is 10.5. The maximum absolute atomic E-state index is 12.1. The van der Waals surface area contributed by atoms with Crippen molar-refractivity contribution in [2.24, 2.45) is 0 Å². The number of aryl methyl sites for hydroxylation is 1. The summed E-state index contributed by atoms with van der Waals surface area (Å²) in [6.45, 7) is 2.28. The van der Waals surface area contributed by atoms with Crippen LogP contribution in [0.2, 0.25) is 0 Å². The SMILES string of the molecule is CCc1ccc(-c2nc(C(=O)OCC(=O)NCCc3ccccc3)cs2)cc1. The summed E-state index contributed by atoms with van der Waals surface area (Å²) >= 11 is 1.38. The molecule has 0 unspecified atom stereocenters. The number of thiazole rings is 1. The second kappa shape index (κ2) is 9.80. The van der Waals surface area contributed by atoms with E-state index in [1.54, 1.807) is 5.38 Å². The first kappa shape index (κ1) is 19.8. The minimum absolute atomic E-state index is 0.219. The van der Waals surface area contributed by atoms with Crippen LogP contribution in [0.3, 0.4) is 0 Å². The standard InChI is InChI=1S/C22H22N2O3S/c1-2-16-8-10-18(11-9-16)21-24-19(15-28-21)22(26)27-14-20(25)23-13-12-17-6-4-3-5-7-17/h3-11,15H,2,12-14H2,1H3,(H,23,25). The lowest BCUT2D eigenvalue weighted by atomic mass is 10.1. The van der Waals surface area contributed by atoms with Crippen LogP contribution in [0.4, 0.5) is 0 Å². The number of rotatable bonds is 8. The number of benzene rings is 2. The van der Waals surface area contributed by atoms with Crippen LogP contribution >= 0.6 is 11.3 Å². The minimum Gasteiger partial charge on any atom is -0.451 e. The molecule has 0 aliphatic carbocycles. The van der Waals surface area contributed by atoms with E-state index >= 15 is 0 Å². The van der Waals surface area contributed by atoms with Crippen LogP contribution in [0.5, 0.6) is 0 Å². The number of aromatic nitrogens is 1. The zero-order valence-electron chi connectivity index (χ0n) is 15.7. The maximum atomic E-state index is 12.1. The van der Waals surface area contributed by atoms with Crippen molar-refractivity contribution in [2.75, 3.05) is 13.2 Å². The first-order valence-electron chi connectivity index (χ1n) is 9.18. The van der Waals surface area contributed by atoms with Gasteiger partial charge in [-0.25, -0.2) is 9.78 Å². The van der Waals surface area contributed by atoms with E-state index < -0.39 is 5.97 Å². The van der Waals surface area contributed by atoms with Crippen LogP contribution in [0.25, 0.3) is 10.6 Å². The first-order chi connectivity index (χ1) is 13.7. The lowest BCUT2D eigenvalue weighted by molar-refractivity contribution is -0.124. The predicted octanol–water partition coefficient (Wildman–Crippen LogP) is 3.89. The van der Waals surface area contributed by atoms with E-state index in [1.165, 1.54) is 16.9 Å². The summed E-state index contributed by atoms with van der Waals surface area (Å²) in [5.41, 5.74) is 3.57. The van der Waals surface area contributed by atoms with Crippen molar-refractivity contribution < 1.29 is 14.3 Å². The molecule has 5 nitrogen and oxygen atoms in total. The van der Waals surface area contributed by atoms with Gasteiger partial charge in [-0.3, -0.25) is 4.79 Å². The molecule has 28 heavy (non-hydrogen) atoms. The van der Waals surface area contributed by atoms with Gasteiger partial charge in [-0.1, -0.05) is 61.5 Å². The van der Waals surface area contributed by atoms with Gasteiger partial charge >= 0.3 is 5.97 Å². The lowest BCUT2D eigenvalue weighted by Gasteiger charge is -2.06. The van der Waals surface area contributed by atoms with Crippen molar-refractivity contribution in [2.45, 2.75) is 19.8 Å². The minimum atomic E-state index is -0.592. The van der Waals surface area contributed by atoms with E-state index in [4.69, 9.17) is 4.74 Å². The summed E-state index contributed by atoms with van der Waals surface area (Å²) < 4.78 is 5.07. The van der Waals surface area contributed by atoms with Gasteiger partial charge < -0.3 is 10.1 Å². The highest BCUT2D eigenvalue weighted by molar-refractivity contribution is 7.13. The fourth-order valence-electron chi connectivity index (χ4n) is 2.63. The molecule has 0 radical (unpaired) electrons. The van der Waals surface area contributed by atoms with Gasteiger partial charge in [0.2, 0.25) is 0 Å². The summed E-state index contributed by atoms with van der Waals surface area (Å²) in [5, 5.41) is 5.15. The molecule has 1 aromatic heterocycles. The summed E-state index contributed by atoms with van der Waals surface area (Å²) in [4.78, 5) is 28.3. The second-order valence-electron chi connectivity index (χ2n) is 6.25. The summed E-state index contributed by atoms with van der Waals surface area (Å²) in [6, 6.07) is 18.0. The second-order valence-corrected chi connectivity index (χ2v) is 7.11. The molecule has 1 amide bonds. The Balaban J connectivity index is 1.45. The predicted molar refractivity (Wildman–Crippen MR) is 110 cm³/mol. The number of amides is 1. The molecule has 6 heteroatoms. The van der Waals surface area contributed by atoms with Crippen molar-refractivity contribution in [1.82, 2.24) is 10.3 Å². The first-order valence-corrected chi connectivity index (χ1v) is 10.1. The molecule has 0 aliphatic rings. The number of hydrogen-bond donors (Lipinski definition) is 1. The molecule has 0 fully saturated rings. The maximum Gasteiger partial charge on any atom is 0.358 e. The van der Waals surface area contributed by atoms with Gasteiger partial charge in [-0.15, -0.1) is 11.3 Å². The highest BCUT2D eigenvalue weighted by Gasteiger charge is 2.15. The Morgan fingerprint density at radius 3 is 2.50 bits per heavy atom. The molecule has 1 heterocycles. The van der Waals surface area contributed by atoms with Crippen molar-refractivity contribution >= 4 is 23.2 Å². The quantitative estimate of drug-likeness (QED) is 0.589. The third kappa shape index (κ3) is 5.50. The third-order valence-electron chi connectivity index (χ3n) is 4.24.